The number of hydrogen-bond donors (Lipinski definition) is 1. The van der Waals surface area contributed by atoms with Crippen molar-refractivity contribution in [1.82, 2.24) is 4.90 Å². The molecule has 0 aromatic heterocycles. The van der Waals surface area contributed by atoms with E-state index < -0.39 is 0 Å². The molecule has 0 saturated heterocycles. The number of fused-ring (bicyclic) bond motifs is 3. The van der Waals surface area contributed by atoms with Gasteiger partial charge in [0.25, 0.3) is 0 Å². The largest absolute Gasteiger partial charge is 0.508 e. The van der Waals surface area contributed by atoms with E-state index in [1.54, 1.807) is 0 Å². The van der Waals surface area contributed by atoms with Crippen molar-refractivity contribution in [2.75, 3.05) is 13.6 Å². The Morgan fingerprint density at radius 2 is 1.96 bits per heavy atom. The summed E-state index contributed by atoms with van der Waals surface area (Å²) in [6.07, 6.45) is 9.66. The molecule has 0 heterocycles. The van der Waals surface area contributed by atoms with Crippen LogP contribution in [0.25, 0.3) is 0 Å². The molecule has 1 aromatic rings. The van der Waals surface area contributed by atoms with Crippen LogP contribution in [0, 0.1) is 17.3 Å². The maximum Gasteiger partial charge on any atom is 0.115 e. The van der Waals surface area contributed by atoms with Crippen LogP contribution in [0.1, 0.15) is 63.5 Å². The number of aryl methyl sites for hydroxylation is 1. The smallest absolute Gasteiger partial charge is 0.115 e. The van der Waals surface area contributed by atoms with Crippen LogP contribution in [0.5, 0.6) is 5.75 Å². The first-order chi connectivity index (χ1) is 13.4. The first-order valence-electron chi connectivity index (χ1n) is 10.9. The van der Waals surface area contributed by atoms with E-state index in [1.807, 2.05) is 32.1 Å². The lowest BCUT2D eigenvalue weighted by Crippen LogP contribution is -2.46. The Balaban J connectivity index is 0.00000136. The summed E-state index contributed by atoms with van der Waals surface area (Å²) in [5, 5.41) is 9.85. The van der Waals surface area contributed by atoms with Crippen molar-refractivity contribution in [1.29, 1.82) is 0 Å². The molecule has 1 fully saturated rings. The van der Waals surface area contributed by atoms with E-state index >= 15 is 0 Å². The Morgan fingerprint density at radius 1 is 1.25 bits per heavy atom. The highest BCUT2D eigenvalue weighted by Crippen LogP contribution is 2.58. The molecule has 3 rings (SSSR count). The minimum absolute atomic E-state index is 0.0987. The third kappa shape index (κ3) is 4.06. The van der Waals surface area contributed by atoms with Gasteiger partial charge in [0.05, 0.1) is 0 Å². The van der Waals surface area contributed by atoms with E-state index in [-0.39, 0.29) is 5.41 Å². The van der Waals surface area contributed by atoms with Crippen LogP contribution in [0.2, 0.25) is 0 Å². The summed E-state index contributed by atoms with van der Waals surface area (Å²) >= 11 is 0. The summed E-state index contributed by atoms with van der Waals surface area (Å²) in [5.74, 6) is 2.19. The number of benzene rings is 1. The molecule has 0 bridgehead atoms. The second-order valence-corrected chi connectivity index (χ2v) is 8.40. The maximum absolute atomic E-state index is 9.85. The van der Waals surface area contributed by atoms with E-state index in [4.69, 9.17) is 0 Å². The number of nitrogens with zero attached hydrogens (tertiary/aromatic N) is 1. The lowest BCUT2D eigenvalue weighted by molar-refractivity contribution is 0.0437. The van der Waals surface area contributed by atoms with E-state index in [9.17, 15) is 5.11 Å². The van der Waals surface area contributed by atoms with Gasteiger partial charge < -0.3 is 10.0 Å². The predicted molar refractivity (Wildman–Crippen MR) is 122 cm³/mol. The zero-order chi connectivity index (χ0) is 20.9. The highest BCUT2D eigenvalue weighted by atomic mass is 16.3. The molecule has 4 atom stereocenters. The van der Waals surface area contributed by atoms with Gasteiger partial charge in [-0.05, 0) is 73.1 Å². The van der Waals surface area contributed by atoms with Crippen molar-refractivity contribution in [3.05, 3.63) is 66.9 Å². The van der Waals surface area contributed by atoms with Gasteiger partial charge in [0.2, 0.25) is 0 Å². The van der Waals surface area contributed by atoms with Crippen molar-refractivity contribution < 1.29 is 5.11 Å². The number of rotatable bonds is 6. The average molecular weight is 382 g/mol. The molecule has 0 spiro atoms. The molecule has 2 aliphatic rings. The molecular weight excluding hydrogens is 342 g/mol. The molecule has 154 valence electrons. The van der Waals surface area contributed by atoms with Crippen LogP contribution in [-0.4, -0.2) is 23.6 Å². The number of aromatic hydroxyl groups is 1. The Labute approximate surface area is 172 Å². The van der Waals surface area contributed by atoms with Gasteiger partial charge in [-0.3, -0.25) is 0 Å². The zero-order valence-electron chi connectivity index (χ0n) is 18.4. The molecule has 1 N–H and O–H groups in total. The normalized spacial score (nSPS) is 28.1. The molecule has 2 nitrogen and oxygen atoms in total. The fourth-order valence-electron chi connectivity index (χ4n) is 5.60. The summed E-state index contributed by atoms with van der Waals surface area (Å²) in [5.41, 5.74) is 4.14. The summed E-state index contributed by atoms with van der Waals surface area (Å²) in [6.45, 7) is 19.7. The summed E-state index contributed by atoms with van der Waals surface area (Å²) in [6, 6.07) is 5.99. The van der Waals surface area contributed by atoms with Crippen LogP contribution < -0.4 is 0 Å². The third-order valence-corrected chi connectivity index (χ3v) is 7.04. The van der Waals surface area contributed by atoms with Crippen LogP contribution in [-0.2, 0) is 6.42 Å². The SMILES string of the molecule is C=CCC1C2CCc3cc(O)ccc3C2CCC1(C)C(=C)N(C)CC=C.CC. The van der Waals surface area contributed by atoms with Gasteiger partial charge >= 0.3 is 0 Å². The standard InChI is InChI=1S/C24H33NO.C2H6/c1-6-8-23-22-11-9-18-16-19(26)10-12-20(18)21(22)13-14-24(23,4)17(3)25(5)15-7-2;1-2/h6-7,10,12,16,21-23,26H,1-3,8-9,11,13-15H2,4-5H3;1-2H3. The molecule has 1 saturated carbocycles. The van der Waals surface area contributed by atoms with Crippen LogP contribution >= 0.6 is 0 Å². The minimum atomic E-state index is 0.0987. The molecule has 0 amide bonds. The lowest BCUT2D eigenvalue weighted by atomic mass is 9.53. The molecule has 2 heteroatoms. The van der Waals surface area contributed by atoms with Crippen molar-refractivity contribution in [3.63, 3.8) is 0 Å². The van der Waals surface area contributed by atoms with Crippen LogP contribution in [0.4, 0.5) is 0 Å². The third-order valence-electron chi connectivity index (χ3n) is 7.04. The van der Waals surface area contributed by atoms with E-state index in [0.717, 1.165) is 25.8 Å². The summed E-state index contributed by atoms with van der Waals surface area (Å²) < 4.78 is 0. The van der Waals surface area contributed by atoms with Gasteiger partial charge in [0.1, 0.15) is 5.75 Å². The molecule has 28 heavy (non-hydrogen) atoms. The number of hydrogen-bond acceptors (Lipinski definition) is 2. The van der Waals surface area contributed by atoms with Gasteiger partial charge in [-0.15, -0.1) is 13.2 Å². The van der Waals surface area contributed by atoms with Crippen molar-refractivity contribution >= 4 is 0 Å². The first-order valence-corrected chi connectivity index (χ1v) is 10.9. The topological polar surface area (TPSA) is 23.5 Å². The second kappa shape index (κ2) is 9.49. The average Bonchev–Trinajstić information content (AvgIpc) is 2.70. The number of phenolic OH excluding ortho intramolecular Hbond substituents is 1. The molecular formula is C26H39NO. The number of allylic oxidation sites excluding steroid dienone is 2. The summed E-state index contributed by atoms with van der Waals surface area (Å²) in [7, 11) is 2.13. The molecule has 0 aliphatic heterocycles. The molecule has 4 unspecified atom stereocenters. The highest BCUT2D eigenvalue weighted by Gasteiger charge is 2.49. The van der Waals surface area contributed by atoms with Crippen molar-refractivity contribution in [2.24, 2.45) is 17.3 Å². The maximum atomic E-state index is 9.85. The van der Waals surface area contributed by atoms with Crippen LogP contribution in [0.3, 0.4) is 0 Å². The van der Waals surface area contributed by atoms with Crippen molar-refractivity contribution in [3.8, 4) is 5.75 Å². The quantitative estimate of drug-likeness (QED) is 0.555. The minimum Gasteiger partial charge on any atom is -0.508 e. The van der Waals surface area contributed by atoms with Gasteiger partial charge in [-0.2, -0.15) is 0 Å². The Morgan fingerprint density at radius 3 is 2.61 bits per heavy atom. The molecule has 1 aromatic carbocycles. The monoisotopic (exact) mass is 381 g/mol. The zero-order valence-corrected chi connectivity index (χ0v) is 18.4. The summed E-state index contributed by atoms with van der Waals surface area (Å²) in [4.78, 5) is 2.26. The van der Waals surface area contributed by atoms with Gasteiger partial charge in [-0.1, -0.05) is 45.6 Å². The number of likely N-dealkylation sites (N-methyl/N-ethyl adjacent to an activating group) is 1. The fourth-order valence-corrected chi connectivity index (χ4v) is 5.60. The predicted octanol–water partition coefficient (Wildman–Crippen LogP) is 6.69. The Kier molecular flexibility index (Phi) is 7.57. The number of phenols is 1. The second-order valence-electron chi connectivity index (χ2n) is 8.40. The van der Waals surface area contributed by atoms with E-state index in [1.165, 1.54) is 29.7 Å². The Bertz CT molecular complexity index is 706. The van der Waals surface area contributed by atoms with E-state index in [2.05, 4.69) is 50.8 Å². The van der Waals surface area contributed by atoms with Gasteiger partial charge in [0, 0.05) is 24.7 Å². The lowest BCUT2D eigenvalue weighted by Gasteiger charge is -2.54. The van der Waals surface area contributed by atoms with Gasteiger partial charge in [-0.25, -0.2) is 0 Å². The van der Waals surface area contributed by atoms with Crippen molar-refractivity contribution in [2.45, 2.75) is 58.8 Å². The first kappa shape index (κ1) is 22.3. The Hall–Kier alpha value is -1.96. The van der Waals surface area contributed by atoms with Crippen LogP contribution in [0.15, 0.2) is 55.8 Å². The molecule has 0 radical (unpaired) electrons. The molecule has 2 aliphatic carbocycles. The highest BCUT2D eigenvalue weighted by molar-refractivity contribution is 5.40. The van der Waals surface area contributed by atoms with Gasteiger partial charge in [0.15, 0.2) is 0 Å². The fraction of sp³-hybridized carbons (Fsp3) is 0.538. The van der Waals surface area contributed by atoms with E-state index in [0.29, 0.717) is 23.5 Å².